The molecule has 0 saturated heterocycles. The molecule has 0 spiro atoms. The van der Waals surface area contributed by atoms with Crippen LogP contribution in [0.1, 0.15) is 10.4 Å². The minimum absolute atomic E-state index is 0.191. The molecule has 8 heteroatoms. The Bertz CT molecular complexity index is 494. The van der Waals surface area contributed by atoms with Crippen molar-refractivity contribution in [2.45, 2.75) is 0 Å². The SMILES string of the molecule is COCCNC(=O)Nc1cc(C(=O)O)c(F)cc1F. The molecule has 104 valence electrons. The number of hydrogen-bond acceptors (Lipinski definition) is 3. The number of carboxylic acids is 1. The van der Waals surface area contributed by atoms with Crippen LogP contribution >= 0.6 is 0 Å². The van der Waals surface area contributed by atoms with Gasteiger partial charge in [-0.3, -0.25) is 0 Å². The van der Waals surface area contributed by atoms with Gasteiger partial charge in [0.25, 0.3) is 0 Å². The van der Waals surface area contributed by atoms with Gasteiger partial charge in [0.2, 0.25) is 0 Å². The quantitative estimate of drug-likeness (QED) is 0.709. The van der Waals surface area contributed by atoms with E-state index in [1.54, 1.807) is 0 Å². The number of anilines is 1. The van der Waals surface area contributed by atoms with Crippen LogP contribution in [0.5, 0.6) is 0 Å². The van der Waals surface area contributed by atoms with E-state index in [1.165, 1.54) is 7.11 Å². The number of ether oxygens (including phenoxy) is 1. The predicted octanol–water partition coefficient (Wildman–Crippen LogP) is 1.43. The van der Waals surface area contributed by atoms with Crippen molar-refractivity contribution in [3.05, 3.63) is 29.3 Å². The summed E-state index contributed by atoms with van der Waals surface area (Å²) in [6.07, 6.45) is 0. The first kappa shape index (κ1) is 14.8. The fourth-order valence-corrected chi connectivity index (χ4v) is 1.24. The van der Waals surface area contributed by atoms with Crippen molar-refractivity contribution < 1.29 is 28.2 Å². The molecule has 0 aliphatic carbocycles. The van der Waals surface area contributed by atoms with Gasteiger partial charge in [-0.2, -0.15) is 0 Å². The van der Waals surface area contributed by atoms with Crippen molar-refractivity contribution in [2.75, 3.05) is 25.6 Å². The number of amides is 2. The topological polar surface area (TPSA) is 87.7 Å². The van der Waals surface area contributed by atoms with Crippen LogP contribution in [-0.4, -0.2) is 37.4 Å². The molecule has 1 rings (SSSR count). The molecule has 2 amide bonds. The summed E-state index contributed by atoms with van der Waals surface area (Å²) in [5.74, 6) is -3.83. The largest absolute Gasteiger partial charge is 0.478 e. The van der Waals surface area contributed by atoms with Gasteiger partial charge < -0.3 is 20.5 Å². The summed E-state index contributed by atoms with van der Waals surface area (Å²) in [7, 11) is 1.44. The van der Waals surface area contributed by atoms with Crippen molar-refractivity contribution in [2.24, 2.45) is 0 Å². The zero-order valence-electron chi connectivity index (χ0n) is 10.00. The van der Waals surface area contributed by atoms with E-state index in [0.717, 1.165) is 0 Å². The smallest absolute Gasteiger partial charge is 0.338 e. The summed E-state index contributed by atoms with van der Waals surface area (Å²) in [5.41, 5.74) is -1.15. The van der Waals surface area contributed by atoms with Crippen molar-refractivity contribution in [3.63, 3.8) is 0 Å². The van der Waals surface area contributed by atoms with Crippen LogP contribution in [0, 0.1) is 11.6 Å². The first-order valence-corrected chi connectivity index (χ1v) is 5.21. The van der Waals surface area contributed by atoms with Crippen molar-refractivity contribution in [1.29, 1.82) is 0 Å². The number of halogens is 2. The number of hydrogen-bond donors (Lipinski definition) is 3. The highest BCUT2D eigenvalue weighted by Gasteiger charge is 2.16. The van der Waals surface area contributed by atoms with Crippen LogP contribution < -0.4 is 10.6 Å². The van der Waals surface area contributed by atoms with Crippen molar-refractivity contribution >= 4 is 17.7 Å². The lowest BCUT2D eigenvalue weighted by Gasteiger charge is -2.09. The van der Waals surface area contributed by atoms with Crippen LogP contribution in [0.2, 0.25) is 0 Å². The number of carbonyl (C=O) groups excluding carboxylic acids is 1. The third kappa shape index (κ3) is 4.18. The molecule has 0 unspecified atom stereocenters. The van der Waals surface area contributed by atoms with Crippen molar-refractivity contribution in [1.82, 2.24) is 5.32 Å². The lowest BCUT2D eigenvalue weighted by molar-refractivity contribution is 0.0692. The molecule has 0 heterocycles. The molecule has 1 aromatic rings. The maximum Gasteiger partial charge on any atom is 0.338 e. The summed E-state index contributed by atoms with van der Waals surface area (Å²) in [4.78, 5) is 22.0. The number of nitrogens with one attached hydrogen (secondary N) is 2. The van der Waals surface area contributed by atoms with Gasteiger partial charge in [0.05, 0.1) is 17.9 Å². The summed E-state index contributed by atoms with van der Waals surface area (Å²) < 4.78 is 31.1. The van der Waals surface area contributed by atoms with Crippen molar-refractivity contribution in [3.8, 4) is 0 Å². The second-order valence-electron chi connectivity index (χ2n) is 3.49. The van der Waals surface area contributed by atoms with E-state index in [0.29, 0.717) is 12.1 Å². The summed E-state index contributed by atoms with van der Waals surface area (Å²) in [6.45, 7) is 0.455. The number of urea groups is 1. The summed E-state index contributed by atoms with van der Waals surface area (Å²) in [6, 6.07) is 0.357. The highest BCUT2D eigenvalue weighted by atomic mass is 19.1. The minimum Gasteiger partial charge on any atom is -0.478 e. The third-order valence-electron chi connectivity index (χ3n) is 2.13. The second-order valence-corrected chi connectivity index (χ2v) is 3.49. The zero-order valence-corrected chi connectivity index (χ0v) is 10.00. The lowest BCUT2D eigenvalue weighted by atomic mass is 10.2. The van der Waals surface area contributed by atoms with Gasteiger partial charge in [-0.1, -0.05) is 0 Å². The number of rotatable bonds is 5. The maximum absolute atomic E-state index is 13.3. The van der Waals surface area contributed by atoms with E-state index in [-0.39, 0.29) is 13.2 Å². The predicted molar refractivity (Wildman–Crippen MR) is 62.2 cm³/mol. The van der Waals surface area contributed by atoms with Gasteiger partial charge >= 0.3 is 12.0 Å². The summed E-state index contributed by atoms with van der Waals surface area (Å²) >= 11 is 0. The van der Waals surface area contributed by atoms with Crippen LogP contribution in [0.4, 0.5) is 19.3 Å². The number of methoxy groups -OCH3 is 1. The number of aromatic carboxylic acids is 1. The zero-order chi connectivity index (χ0) is 14.4. The normalized spacial score (nSPS) is 10.1. The van der Waals surface area contributed by atoms with E-state index in [9.17, 15) is 18.4 Å². The van der Waals surface area contributed by atoms with Gasteiger partial charge in [-0.15, -0.1) is 0 Å². The molecule has 0 atom stereocenters. The van der Waals surface area contributed by atoms with Crippen LogP contribution in [0.25, 0.3) is 0 Å². The molecular weight excluding hydrogens is 262 g/mol. The molecule has 1 aromatic carbocycles. The van der Waals surface area contributed by atoms with E-state index >= 15 is 0 Å². The monoisotopic (exact) mass is 274 g/mol. The molecule has 0 aliphatic rings. The maximum atomic E-state index is 13.3. The van der Waals surface area contributed by atoms with Crippen LogP contribution in [0.3, 0.4) is 0 Å². The molecule has 19 heavy (non-hydrogen) atoms. The molecule has 0 aliphatic heterocycles. The third-order valence-corrected chi connectivity index (χ3v) is 2.13. The summed E-state index contributed by atoms with van der Waals surface area (Å²) in [5, 5.41) is 13.1. The van der Waals surface area contributed by atoms with Gasteiger partial charge in [0.1, 0.15) is 11.6 Å². The second kappa shape index (κ2) is 6.64. The molecular formula is C11H12F2N2O4. The molecule has 6 nitrogen and oxygen atoms in total. The average Bonchev–Trinajstić information content (AvgIpc) is 2.32. The van der Waals surface area contributed by atoms with Crippen LogP contribution in [-0.2, 0) is 4.74 Å². The Morgan fingerprint density at radius 3 is 2.58 bits per heavy atom. The Morgan fingerprint density at radius 2 is 2.00 bits per heavy atom. The first-order chi connectivity index (χ1) is 8.95. The fourth-order valence-electron chi connectivity index (χ4n) is 1.24. The minimum atomic E-state index is -1.56. The van der Waals surface area contributed by atoms with E-state index < -0.39 is 34.9 Å². The Hall–Kier alpha value is -2.22. The van der Waals surface area contributed by atoms with Crippen LogP contribution in [0.15, 0.2) is 12.1 Å². The van der Waals surface area contributed by atoms with E-state index in [4.69, 9.17) is 5.11 Å². The standard InChI is InChI=1S/C11H12F2N2O4/c1-19-3-2-14-11(18)15-9-4-6(10(16)17)7(12)5-8(9)13/h4-5H,2-3H2,1H3,(H,16,17)(H2,14,15,18). The fraction of sp³-hybridized carbons (Fsp3) is 0.273. The van der Waals surface area contributed by atoms with Gasteiger partial charge in [-0.05, 0) is 6.07 Å². The molecule has 0 aromatic heterocycles. The molecule has 0 bridgehead atoms. The Kier molecular flexibility index (Phi) is 5.19. The Morgan fingerprint density at radius 1 is 1.32 bits per heavy atom. The van der Waals surface area contributed by atoms with E-state index in [2.05, 4.69) is 15.4 Å². The lowest BCUT2D eigenvalue weighted by Crippen LogP contribution is -2.31. The number of carboxylic acid groups (broad SMARTS) is 1. The molecule has 0 radical (unpaired) electrons. The molecule has 3 N–H and O–H groups in total. The number of benzene rings is 1. The van der Waals surface area contributed by atoms with Gasteiger partial charge in [-0.25, -0.2) is 18.4 Å². The average molecular weight is 274 g/mol. The first-order valence-electron chi connectivity index (χ1n) is 5.21. The Labute approximate surface area is 107 Å². The Balaban J connectivity index is 2.80. The number of carbonyl (C=O) groups is 2. The van der Waals surface area contributed by atoms with Gasteiger partial charge in [0.15, 0.2) is 0 Å². The van der Waals surface area contributed by atoms with E-state index in [1.807, 2.05) is 0 Å². The molecule has 0 saturated carbocycles. The molecule has 0 fully saturated rings. The highest BCUT2D eigenvalue weighted by Crippen LogP contribution is 2.19. The highest BCUT2D eigenvalue weighted by molar-refractivity contribution is 5.93. The van der Waals surface area contributed by atoms with Gasteiger partial charge in [0, 0.05) is 19.7 Å².